The third-order valence-electron chi connectivity index (χ3n) is 6.98. The van der Waals surface area contributed by atoms with Gasteiger partial charge in [0.1, 0.15) is 47.9 Å². The molecule has 2 fully saturated rings. The van der Waals surface area contributed by atoms with Crippen molar-refractivity contribution in [2.45, 2.75) is 49.1 Å². The number of hydrogen-bond acceptors (Lipinski definition) is 17. The maximum absolute atomic E-state index is 12.6. The molecule has 2 aliphatic rings. The highest BCUT2D eigenvalue weighted by atomic mass is 31.3. The fourth-order valence-corrected chi connectivity index (χ4v) is 7.47. The van der Waals surface area contributed by atoms with Crippen molar-refractivity contribution in [3.8, 4) is 0 Å². The summed E-state index contributed by atoms with van der Waals surface area (Å²) in [5.41, 5.74) is 11.1. The standard InChI is InChI=1S/C21H28N7O17P3/c22-17-12-19(25-7-24-17)28(8-26-12)21-16(44-46(33,34)35)14(30)11(43-21)6-41-48(38,39)45-47(36,37)40-5-10-13(29)15(31)20(42-10)27-3-1-2-9(4-27)18(23)32/h1-4,7-8,10-11,13-16,20-21,29-31H,5-6H2,(H7-,22,23,24,25,32,33,34,35,36,37,38,39)/p+1/t10-,11+,13?,14?,15?,16?,20-,21+/m0/s1. The van der Waals surface area contributed by atoms with Crippen LogP contribution in [0.15, 0.2) is 37.2 Å². The summed E-state index contributed by atoms with van der Waals surface area (Å²) in [7, 11) is -16.3. The highest BCUT2D eigenvalue weighted by Gasteiger charge is 2.51. The van der Waals surface area contributed by atoms with Crippen LogP contribution < -0.4 is 16.0 Å². The lowest BCUT2D eigenvalue weighted by Gasteiger charge is -2.22. The molecule has 2 aliphatic heterocycles. The number of nitrogens with two attached hydrogens (primary N) is 2. The molecule has 0 radical (unpaired) electrons. The highest BCUT2D eigenvalue weighted by Crippen LogP contribution is 2.61. The number of ether oxygens (including phenoxy) is 2. The molecule has 0 aliphatic carbocycles. The predicted octanol–water partition coefficient (Wildman–Crippen LogP) is -2.90. The molecular formula is C21H29N7O17P3+. The molecule has 264 valence electrons. The van der Waals surface area contributed by atoms with Crippen LogP contribution in [0.3, 0.4) is 0 Å². The number of phosphoric acid groups is 3. The minimum atomic E-state index is -5.52. The highest BCUT2D eigenvalue weighted by molar-refractivity contribution is 7.61. The lowest BCUT2D eigenvalue weighted by atomic mass is 10.1. The van der Waals surface area contributed by atoms with Gasteiger partial charge in [-0.15, -0.1) is 0 Å². The zero-order valence-corrected chi connectivity index (χ0v) is 26.6. The molecule has 5 heterocycles. The summed E-state index contributed by atoms with van der Waals surface area (Å²) in [5, 5.41) is 31.5. The summed E-state index contributed by atoms with van der Waals surface area (Å²) in [4.78, 5) is 62.2. The Morgan fingerprint density at radius 2 is 1.60 bits per heavy atom. The van der Waals surface area contributed by atoms with Gasteiger partial charge in [-0.1, -0.05) is 0 Å². The summed E-state index contributed by atoms with van der Waals surface area (Å²) in [6, 6.07) is 2.79. The normalized spacial score (nSPS) is 30.3. The first-order valence-corrected chi connectivity index (χ1v) is 17.9. The van der Waals surface area contributed by atoms with E-state index >= 15 is 0 Å². The molecule has 1 amide bonds. The average Bonchev–Trinajstić information content (AvgIpc) is 3.64. The number of rotatable bonds is 13. The van der Waals surface area contributed by atoms with Crippen LogP contribution in [-0.2, 0) is 41.1 Å². The second kappa shape index (κ2) is 13.8. The average molecular weight is 744 g/mol. The van der Waals surface area contributed by atoms with Crippen LogP contribution in [0.2, 0.25) is 0 Å². The lowest BCUT2D eigenvalue weighted by molar-refractivity contribution is -0.765. The van der Waals surface area contributed by atoms with E-state index in [2.05, 4.69) is 23.8 Å². The Kier molecular flexibility index (Phi) is 10.5. The molecule has 0 saturated carbocycles. The number of imidazole rings is 1. The predicted molar refractivity (Wildman–Crippen MR) is 150 cm³/mol. The molecule has 48 heavy (non-hydrogen) atoms. The number of aliphatic hydroxyl groups excluding tert-OH is 3. The first-order valence-electron chi connectivity index (χ1n) is 13.3. The van der Waals surface area contributed by atoms with Crippen molar-refractivity contribution in [3.63, 3.8) is 0 Å². The van der Waals surface area contributed by atoms with Gasteiger partial charge in [-0.2, -0.15) is 8.88 Å². The Morgan fingerprint density at radius 1 is 0.958 bits per heavy atom. The van der Waals surface area contributed by atoms with Gasteiger partial charge in [-0.3, -0.25) is 22.9 Å². The van der Waals surface area contributed by atoms with Gasteiger partial charge in [0.15, 0.2) is 36.2 Å². The molecule has 11 N–H and O–H groups in total. The van der Waals surface area contributed by atoms with Gasteiger partial charge in [0, 0.05) is 6.07 Å². The maximum Gasteiger partial charge on any atom is 0.481 e. The number of hydrogen-bond donors (Lipinski definition) is 9. The van der Waals surface area contributed by atoms with Crippen molar-refractivity contribution in [2.75, 3.05) is 18.9 Å². The van der Waals surface area contributed by atoms with Crippen molar-refractivity contribution < 1.29 is 85.3 Å². The number of fused-ring (bicyclic) bond motifs is 1. The second-order valence-electron chi connectivity index (χ2n) is 10.3. The van der Waals surface area contributed by atoms with Gasteiger partial charge in [-0.05, 0) is 6.07 Å². The number of nitrogens with zero attached hydrogens (tertiary/aromatic N) is 5. The summed E-state index contributed by atoms with van der Waals surface area (Å²) in [5.74, 6) is -0.848. The molecule has 0 aromatic carbocycles. The van der Waals surface area contributed by atoms with Gasteiger partial charge in [0.05, 0.1) is 19.5 Å². The molecule has 6 unspecified atom stereocenters. The summed E-state index contributed by atoms with van der Waals surface area (Å²) >= 11 is 0. The van der Waals surface area contributed by atoms with Crippen LogP contribution in [0.4, 0.5) is 5.82 Å². The van der Waals surface area contributed by atoms with Crippen molar-refractivity contribution in [1.29, 1.82) is 0 Å². The number of carbonyl (C=O) groups is 1. The monoisotopic (exact) mass is 744 g/mol. The minimum absolute atomic E-state index is 0.00286. The SMILES string of the molecule is NC(=O)c1ccc[n+]([C@H]2O[C@@H](COP(=O)(O)OP(=O)(O)OC[C@H]3O[C@@H](n4cnc5c(N)ncnc54)C(OP(=O)(O)O)C3O)C(O)C2O)c1. The Balaban J connectivity index is 1.21. The first kappa shape index (κ1) is 36.4. The minimum Gasteiger partial charge on any atom is -0.387 e. The molecule has 0 spiro atoms. The number of phosphoric ester groups is 3. The van der Waals surface area contributed by atoms with Gasteiger partial charge in [0.2, 0.25) is 0 Å². The van der Waals surface area contributed by atoms with Crippen LogP contribution in [0.1, 0.15) is 22.8 Å². The van der Waals surface area contributed by atoms with E-state index in [0.717, 1.165) is 17.2 Å². The van der Waals surface area contributed by atoms with Gasteiger partial charge < -0.3 is 55.8 Å². The molecule has 0 bridgehead atoms. The molecule has 24 nitrogen and oxygen atoms in total. The summed E-state index contributed by atoms with van der Waals surface area (Å²) in [6.07, 6.45) is -8.39. The van der Waals surface area contributed by atoms with Crippen LogP contribution in [0.25, 0.3) is 11.2 Å². The summed E-state index contributed by atoms with van der Waals surface area (Å²) < 4.78 is 68.4. The van der Waals surface area contributed by atoms with Crippen molar-refractivity contribution in [2.24, 2.45) is 5.73 Å². The number of nitrogen functional groups attached to an aromatic ring is 1. The van der Waals surface area contributed by atoms with Crippen LogP contribution in [-0.4, -0.2) is 110 Å². The third-order valence-corrected chi connectivity index (χ3v) is 10.1. The van der Waals surface area contributed by atoms with E-state index in [1.807, 2.05) is 0 Å². The molecule has 5 rings (SSSR count). The number of pyridine rings is 1. The summed E-state index contributed by atoms with van der Waals surface area (Å²) in [6.45, 7) is -2.03. The van der Waals surface area contributed by atoms with Crippen molar-refractivity contribution >= 4 is 46.4 Å². The van der Waals surface area contributed by atoms with E-state index in [-0.39, 0.29) is 22.5 Å². The Labute approximate surface area is 267 Å². The Bertz CT molecular complexity index is 1810. The van der Waals surface area contributed by atoms with E-state index in [0.29, 0.717) is 0 Å². The van der Waals surface area contributed by atoms with Gasteiger partial charge in [-0.25, -0.2) is 28.6 Å². The number of aromatic nitrogens is 5. The van der Waals surface area contributed by atoms with Crippen molar-refractivity contribution in [3.05, 3.63) is 42.7 Å². The first-order chi connectivity index (χ1) is 22.4. The third kappa shape index (κ3) is 8.12. The lowest BCUT2D eigenvalue weighted by Crippen LogP contribution is -2.46. The smallest absolute Gasteiger partial charge is 0.387 e. The van der Waals surface area contributed by atoms with Gasteiger partial charge >= 0.3 is 23.5 Å². The molecule has 3 aromatic rings. The fourth-order valence-electron chi connectivity index (χ4n) is 4.83. The van der Waals surface area contributed by atoms with Crippen LogP contribution in [0.5, 0.6) is 0 Å². The number of anilines is 1. The van der Waals surface area contributed by atoms with E-state index in [4.69, 9.17) is 30.0 Å². The van der Waals surface area contributed by atoms with Crippen LogP contribution in [0, 0.1) is 0 Å². The number of aliphatic hydroxyl groups is 3. The number of primary amides is 1. The van der Waals surface area contributed by atoms with Crippen molar-refractivity contribution in [1.82, 2.24) is 19.5 Å². The molecule has 3 aromatic heterocycles. The quantitative estimate of drug-likeness (QED) is 0.0626. The maximum atomic E-state index is 12.6. The molecule has 10 atom stereocenters. The number of carbonyl (C=O) groups excluding carboxylic acids is 1. The molecule has 27 heteroatoms. The second-order valence-corrected chi connectivity index (χ2v) is 14.5. The fraction of sp³-hybridized carbons (Fsp3) is 0.476. The van der Waals surface area contributed by atoms with E-state index in [9.17, 15) is 53.4 Å². The van der Waals surface area contributed by atoms with E-state index in [1.165, 1.54) is 29.1 Å². The van der Waals surface area contributed by atoms with Crippen LogP contribution >= 0.6 is 23.5 Å². The van der Waals surface area contributed by atoms with Gasteiger partial charge in [0.25, 0.3) is 12.1 Å². The van der Waals surface area contributed by atoms with E-state index < -0.39 is 91.7 Å². The van der Waals surface area contributed by atoms with E-state index in [1.54, 1.807) is 0 Å². The Morgan fingerprint density at radius 3 is 2.23 bits per heavy atom. The molecule has 2 saturated heterocycles. The zero-order chi connectivity index (χ0) is 35.2. The Hall–Kier alpha value is -2.86. The largest absolute Gasteiger partial charge is 0.481 e. The number of amides is 1. The molecular weight excluding hydrogens is 715 g/mol. The zero-order valence-electron chi connectivity index (χ0n) is 23.9. The topological polar surface area (TPSA) is 365 Å².